The number of amides is 1. The van der Waals surface area contributed by atoms with E-state index < -0.39 is 0 Å². The summed E-state index contributed by atoms with van der Waals surface area (Å²) in [5, 5.41) is 8.10. The Morgan fingerprint density at radius 2 is 1.96 bits per heavy atom. The van der Waals surface area contributed by atoms with Crippen LogP contribution in [0.15, 0.2) is 29.1 Å². The first-order chi connectivity index (χ1) is 12.2. The molecule has 1 amide bonds. The maximum Gasteiger partial charge on any atom is 0.274 e. The lowest BCUT2D eigenvalue weighted by molar-refractivity contribution is 0.0273. The number of carbonyl (C=O) groups is 1. The fourth-order valence-electron chi connectivity index (χ4n) is 3.31. The SMILES string of the molecule is Cn1nc(C(=O)NCCCOC2CCCCC2)c2ccccc2c1=O. The normalized spacial score (nSPS) is 15.4. The zero-order valence-corrected chi connectivity index (χ0v) is 14.7. The van der Waals surface area contributed by atoms with Gasteiger partial charge in [0.2, 0.25) is 0 Å². The summed E-state index contributed by atoms with van der Waals surface area (Å²) in [6, 6.07) is 7.06. The molecule has 1 aromatic carbocycles. The van der Waals surface area contributed by atoms with E-state index in [2.05, 4.69) is 10.4 Å². The number of ether oxygens (including phenoxy) is 1. The molecule has 0 radical (unpaired) electrons. The summed E-state index contributed by atoms with van der Waals surface area (Å²) in [5.74, 6) is -0.260. The summed E-state index contributed by atoms with van der Waals surface area (Å²) in [4.78, 5) is 24.6. The summed E-state index contributed by atoms with van der Waals surface area (Å²) in [6.45, 7) is 1.19. The number of benzene rings is 1. The number of aryl methyl sites for hydroxylation is 1. The number of rotatable bonds is 6. The molecule has 1 aromatic heterocycles. The van der Waals surface area contributed by atoms with Crippen LogP contribution in [-0.2, 0) is 11.8 Å². The summed E-state index contributed by atoms with van der Waals surface area (Å²) in [5.41, 5.74) is 0.0823. The Bertz CT molecular complexity index is 794. The van der Waals surface area contributed by atoms with Crippen molar-refractivity contribution in [1.29, 1.82) is 0 Å². The van der Waals surface area contributed by atoms with Gasteiger partial charge in [-0.1, -0.05) is 37.5 Å². The molecule has 1 heterocycles. The van der Waals surface area contributed by atoms with Gasteiger partial charge in [-0.05, 0) is 25.3 Å². The van der Waals surface area contributed by atoms with Gasteiger partial charge in [0.15, 0.2) is 5.69 Å². The predicted octanol–water partition coefficient (Wildman–Crippen LogP) is 2.40. The van der Waals surface area contributed by atoms with Crippen LogP contribution in [0.2, 0.25) is 0 Å². The van der Waals surface area contributed by atoms with Gasteiger partial charge >= 0.3 is 0 Å². The minimum Gasteiger partial charge on any atom is -0.378 e. The van der Waals surface area contributed by atoms with Crippen LogP contribution in [0.3, 0.4) is 0 Å². The molecule has 2 aromatic rings. The Hall–Kier alpha value is -2.21. The molecule has 134 valence electrons. The molecule has 25 heavy (non-hydrogen) atoms. The molecule has 3 rings (SSSR count). The van der Waals surface area contributed by atoms with Gasteiger partial charge < -0.3 is 10.1 Å². The molecule has 1 saturated carbocycles. The highest BCUT2D eigenvalue weighted by molar-refractivity contribution is 6.04. The van der Waals surface area contributed by atoms with E-state index in [-0.39, 0.29) is 17.2 Å². The Morgan fingerprint density at radius 3 is 2.72 bits per heavy atom. The number of hydrogen-bond acceptors (Lipinski definition) is 4. The average Bonchev–Trinajstić information content (AvgIpc) is 2.65. The van der Waals surface area contributed by atoms with Crippen molar-refractivity contribution >= 4 is 16.7 Å². The van der Waals surface area contributed by atoms with Gasteiger partial charge in [0.25, 0.3) is 11.5 Å². The molecule has 0 unspecified atom stereocenters. The minimum atomic E-state index is -0.260. The largest absolute Gasteiger partial charge is 0.378 e. The molecule has 6 heteroatoms. The maximum absolute atomic E-state index is 12.5. The van der Waals surface area contributed by atoms with Gasteiger partial charge in [-0.25, -0.2) is 4.68 Å². The Kier molecular flexibility index (Phi) is 5.81. The van der Waals surface area contributed by atoms with Crippen molar-refractivity contribution in [3.63, 3.8) is 0 Å². The highest BCUT2D eigenvalue weighted by Gasteiger charge is 2.16. The highest BCUT2D eigenvalue weighted by Crippen LogP contribution is 2.20. The topological polar surface area (TPSA) is 73.2 Å². The Labute approximate surface area is 147 Å². The smallest absolute Gasteiger partial charge is 0.274 e. The zero-order chi connectivity index (χ0) is 17.6. The van der Waals surface area contributed by atoms with E-state index in [1.165, 1.54) is 23.9 Å². The zero-order valence-electron chi connectivity index (χ0n) is 14.7. The number of carbonyl (C=O) groups excluding carboxylic acids is 1. The lowest BCUT2D eigenvalue weighted by atomic mass is 9.98. The van der Waals surface area contributed by atoms with Crippen molar-refractivity contribution in [2.24, 2.45) is 7.05 Å². The number of nitrogens with one attached hydrogen (secondary N) is 1. The molecule has 1 aliphatic carbocycles. The van der Waals surface area contributed by atoms with Crippen molar-refractivity contribution in [3.8, 4) is 0 Å². The Balaban J connectivity index is 1.56. The Morgan fingerprint density at radius 1 is 1.24 bits per heavy atom. The fourth-order valence-corrected chi connectivity index (χ4v) is 3.31. The van der Waals surface area contributed by atoms with E-state index in [9.17, 15) is 9.59 Å². The van der Waals surface area contributed by atoms with Crippen molar-refractivity contribution in [2.75, 3.05) is 13.2 Å². The van der Waals surface area contributed by atoms with E-state index in [1.54, 1.807) is 31.3 Å². The van der Waals surface area contributed by atoms with E-state index in [0.29, 0.717) is 30.0 Å². The number of fused-ring (bicyclic) bond motifs is 1. The summed E-state index contributed by atoms with van der Waals surface area (Å²) >= 11 is 0. The molecule has 0 aliphatic heterocycles. The van der Waals surface area contributed by atoms with Crippen LogP contribution in [0.5, 0.6) is 0 Å². The second kappa shape index (κ2) is 8.25. The average molecular weight is 343 g/mol. The number of hydrogen-bond donors (Lipinski definition) is 1. The molecule has 1 N–H and O–H groups in total. The second-order valence-electron chi connectivity index (χ2n) is 6.56. The van der Waals surface area contributed by atoms with Crippen molar-refractivity contribution in [3.05, 3.63) is 40.3 Å². The lowest BCUT2D eigenvalue weighted by Crippen LogP contribution is -2.30. The van der Waals surface area contributed by atoms with Gasteiger partial charge in [-0.3, -0.25) is 9.59 Å². The van der Waals surface area contributed by atoms with Crippen molar-refractivity contribution in [2.45, 2.75) is 44.6 Å². The molecule has 0 spiro atoms. The van der Waals surface area contributed by atoms with Gasteiger partial charge in [0.05, 0.1) is 11.5 Å². The van der Waals surface area contributed by atoms with Gasteiger partial charge in [0.1, 0.15) is 0 Å². The molecular formula is C19H25N3O3. The standard InChI is InChI=1S/C19H25N3O3/c1-22-19(24)16-11-6-5-10-15(16)17(21-22)18(23)20-12-7-13-25-14-8-3-2-4-9-14/h5-6,10-11,14H,2-4,7-9,12-13H2,1H3,(H,20,23). The van der Waals surface area contributed by atoms with E-state index in [4.69, 9.17) is 4.74 Å². The number of nitrogens with zero attached hydrogens (tertiary/aromatic N) is 2. The third-order valence-corrected chi connectivity index (χ3v) is 4.68. The third-order valence-electron chi connectivity index (χ3n) is 4.68. The van der Waals surface area contributed by atoms with Crippen LogP contribution in [-0.4, -0.2) is 34.9 Å². The van der Waals surface area contributed by atoms with Gasteiger partial charge in [0, 0.05) is 25.6 Å². The molecule has 1 fully saturated rings. The van der Waals surface area contributed by atoms with Crippen LogP contribution in [0.4, 0.5) is 0 Å². The van der Waals surface area contributed by atoms with Crippen LogP contribution in [0, 0.1) is 0 Å². The first-order valence-corrected chi connectivity index (χ1v) is 9.02. The molecule has 0 saturated heterocycles. The molecule has 6 nitrogen and oxygen atoms in total. The van der Waals surface area contributed by atoms with Crippen LogP contribution < -0.4 is 10.9 Å². The molecular weight excluding hydrogens is 318 g/mol. The monoisotopic (exact) mass is 343 g/mol. The van der Waals surface area contributed by atoms with Crippen molar-refractivity contribution in [1.82, 2.24) is 15.1 Å². The minimum absolute atomic E-state index is 0.201. The second-order valence-corrected chi connectivity index (χ2v) is 6.56. The van der Waals surface area contributed by atoms with Gasteiger partial charge in [-0.15, -0.1) is 0 Å². The van der Waals surface area contributed by atoms with E-state index in [1.807, 2.05) is 0 Å². The molecule has 1 aliphatic rings. The first-order valence-electron chi connectivity index (χ1n) is 9.02. The summed E-state index contributed by atoms with van der Waals surface area (Å²) in [6.07, 6.45) is 7.29. The summed E-state index contributed by atoms with van der Waals surface area (Å²) < 4.78 is 7.07. The van der Waals surface area contributed by atoms with Crippen molar-refractivity contribution < 1.29 is 9.53 Å². The quantitative estimate of drug-likeness (QED) is 0.818. The van der Waals surface area contributed by atoms with E-state index in [0.717, 1.165) is 19.3 Å². The van der Waals surface area contributed by atoms with Crippen LogP contribution >= 0.6 is 0 Å². The third kappa shape index (κ3) is 4.25. The van der Waals surface area contributed by atoms with Crippen LogP contribution in [0.25, 0.3) is 10.8 Å². The molecule has 0 bridgehead atoms. The fraction of sp³-hybridized carbons (Fsp3) is 0.526. The predicted molar refractivity (Wildman–Crippen MR) is 96.8 cm³/mol. The van der Waals surface area contributed by atoms with Gasteiger partial charge in [-0.2, -0.15) is 5.10 Å². The maximum atomic E-state index is 12.5. The first kappa shape index (κ1) is 17.6. The number of aromatic nitrogens is 2. The molecule has 0 atom stereocenters. The van der Waals surface area contributed by atoms with Crippen LogP contribution in [0.1, 0.15) is 49.0 Å². The lowest BCUT2D eigenvalue weighted by Gasteiger charge is -2.21. The summed E-state index contributed by atoms with van der Waals surface area (Å²) in [7, 11) is 1.56. The highest BCUT2D eigenvalue weighted by atomic mass is 16.5. The van der Waals surface area contributed by atoms with E-state index >= 15 is 0 Å².